The molecule has 3 rings (SSSR count). The molecule has 1 heterocycles. The molecule has 1 aromatic carbocycles. The Balaban J connectivity index is 2.01. The van der Waals surface area contributed by atoms with Crippen LogP contribution in [0.25, 0.3) is 0 Å². The Hall–Kier alpha value is -0.900. The van der Waals surface area contributed by atoms with Gasteiger partial charge in [0.25, 0.3) is 0 Å². The molecule has 1 spiro atoms. The van der Waals surface area contributed by atoms with E-state index in [9.17, 15) is 0 Å². The van der Waals surface area contributed by atoms with Crippen LogP contribution >= 0.6 is 0 Å². The molecule has 0 saturated carbocycles. The molecule has 1 unspecified atom stereocenters. The van der Waals surface area contributed by atoms with Crippen molar-refractivity contribution in [3.05, 3.63) is 35.4 Å². The van der Waals surface area contributed by atoms with E-state index < -0.39 is 5.79 Å². The summed E-state index contributed by atoms with van der Waals surface area (Å²) in [5, 5.41) is 3.49. The first kappa shape index (κ1) is 10.3. The Morgan fingerprint density at radius 3 is 2.81 bits per heavy atom. The van der Waals surface area contributed by atoms with Gasteiger partial charge in [-0.3, -0.25) is 0 Å². The summed E-state index contributed by atoms with van der Waals surface area (Å²) in [4.78, 5) is 0. The van der Waals surface area contributed by atoms with E-state index in [1.54, 1.807) is 0 Å². The van der Waals surface area contributed by atoms with Crippen LogP contribution in [0.15, 0.2) is 24.3 Å². The van der Waals surface area contributed by atoms with Crippen molar-refractivity contribution in [1.29, 1.82) is 0 Å². The maximum Gasteiger partial charge on any atom is 0.197 e. The van der Waals surface area contributed by atoms with E-state index in [1.165, 1.54) is 11.1 Å². The molecule has 1 N–H and O–H groups in total. The normalized spacial score (nSPS) is 26.2. The molecule has 0 aromatic heterocycles. The molecule has 0 bridgehead atoms. The van der Waals surface area contributed by atoms with Gasteiger partial charge in [0.15, 0.2) is 5.79 Å². The van der Waals surface area contributed by atoms with Crippen molar-refractivity contribution in [3.63, 3.8) is 0 Å². The van der Waals surface area contributed by atoms with Gasteiger partial charge in [-0.05, 0) is 12.1 Å². The van der Waals surface area contributed by atoms with E-state index >= 15 is 0 Å². The van der Waals surface area contributed by atoms with Crippen molar-refractivity contribution in [3.8, 4) is 0 Å². The molecule has 1 fully saturated rings. The van der Waals surface area contributed by atoms with Gasteiger partial charge in [-0.2, -0.15) is 0 Å². The highest BCUT2D eigenvalue weighted by molar-refractivity contribution is 5.39. The predicted octanol–water partition coefficient (Wildman–Crippen LogP) is 1.94. The number of hydrogen-bond donors (Lipinski definition) is 1. The first-order valence-electron chi connectivity index (χ1n) is 5.96. The highest BCUT2D eigenvalue weighted by Crippen LogP contribution is 2.48. The van der Waals surface area contributed by atoms with Crippen LogP contribution in [-0.2, 0) is 15.3 Å². The largest absolute Gasteiger partial charge is 0.343 e. The van der Waals surface area contributed by atoms with Gasteiger partial charge in [-0.15, -0.1) is 0 Å². The molecule has 1 atom stereocenters. The second-order valence-corrected chi connectivity index (χ2v) is 4.35. The van der Waals surface area contributed by atoms with Crippen LogP contribution in [-0.4, -0.2) is 19.8 Å². The van der Waals surface area contributed by atoms with Crippen LogP contribution in [0.2, 0.25) is 0 Å². The Morgan fingerprint density at radius 1 is 1.31 bits per heavy atom. The van der Waals surface area contributed by atoms with Crippen LogP contribution in [0.3, 0.4) is 0 Å². The highest BCUT2D eigenvalue weighted by Gasteiger charge is 2.47. The van der Waals surface area contributed by atoms with Crippen LogP contribution in [0.1, 0.15) is 30.5 Å². The van der Waals surface area contributed by atoms with E-state index in [-0.39, 0.29) is 0 Å². The minimum atomic E-state index is -0.469. The smallest absolute Gasteiger partial charge is 0.197 e. The lowest BCUT2D eigenvalue weighted by Gasteiger charge is -2.23. The average Bonchev–Trinajstić information content (AvgIpc) is 2.89. The Morgan fingerprint density at radius 2 is 2.06 bits per heavy atom. The zero-order valence-corrected chi connectivity index (χ0v) is 9.53. The molecule has 0 amide bonds. The van der Waals surface area contributed by atoms with Crippen LogP contribution < -0.4 is 5.32 Å². The summed E-state index contributed by atoms with van der Waals surface area (Å²) >= 11 is 0. The molecule has 1 aromatic rings. The Bertz CT molecular complexity index is 385. The minimum Gasteiger partial charge on any atom is -0.343 e. The zero-order valence-electron chi connectivity index (χ0n) is 9.53. The molecule has 0 radical (unpaired) electrons. The highest BCUT2D eigenvalue weighted by atomic mass is 16.7. The predicted molar refractivity (Wildman–Crippen MR) is 61.1 cm³/mol. The fraction of sp³-hybridized carbons (Fsp3) is 0.538. The van der Waals surface area contributed by atoms with Gasteiger partial charge in [-0.25, -0.2) is 0 Å². The molecule has 1 aliphatic carbocycles. The fourth-order valence-electron chi connectivity index (χ4n) is 2.79. The van der Waals surface area contributed by atoms with Crippen molar-refractivity contribution in [1.82, 2.24) is 5.32 Å². The lowest BCUT2D eigenvalue weighted by molar-refractivity contribution is -0.166. The minimum absolute atomic E-state index is 0.360. The first-order chi connectivity index (χ1) is 7.86. The maximum absolute atomic E-state index is 5.84. The quantitative estimate of drug-likeness (QED) is 0.824. The summed E-state index contributed by atoms with van der Waals surface area (Å²) < 4.78 is 11.7. The second kappa shape index (κ2) is 3.84. The standard InChI is InChI=1S/C13H17NO2/c1-2-14-12-9-13(15-7-8-16-13)11-6-4-3-5-10(11)12/h3-6,12,14H,2,7-9H2,1H3. The zero-order chi connectivity index (χ0) is 11.0. The molecule has 2 aliphatic rings. The number of benzene rings is 1. The van der Waals surface area contributed by atoms with Gasteiger partial charge in [0.1, 0.15) is 0 Å². The number of ether oxygens (including phenoxy) is 2. The van der Waals surface area contributed by atoms with E-state index in [4.69, 9.17) is 9.47 Å². The first-order valence-corrected chi connectivity index (χ1v) is 5.96. The fourth-order valence-corrected chi connectivity index (χ4v) is 2.79. The van der Waals surface area contributed by atoms with Crippen molar-refractivity contribution >= 4 is 0 Å². The van der Waals surface area contributed by atoms with E-state index in [0.29, 0.717) is 19.3 Å². The molecular weight excluding hydrogens is 202 g/mol. The van der Waals surface area contributed by atoms with Gasteiger partial charge >= 0.3 is 0 Å². The third kappa shape index (κ3) is 1.39. The second-order valence-electron chi connectivity index (χ2n) is 4.35. The van der Waals surface area contributed by atoms with Gasteiger partial charge in [0.2, 0.25) is 0 Å². The lowest BCUT2D eigenvalue weighted by Crippen LogP contribution is -2.26. The number of hydrogen-bond acceptors (Lipinski definition) is 3. The van der Waals surface area contributed by atoms with Crippen molar-refractivity contribution < 1.29 is 9.47 Å². The molecule has 3 heteroatoms. The summed E-state index contributed by atoms with van der Waals surface area (Å²) in [6.07, 6.45) is 0.889. The third-order valence-electron chi connectivity index (χ3n) is 3.42. The Labute approximate surface area is 95.8 Å². The van der Waals surface area contributed by atoms with Crippen LogP contribution in [0.5, 0.6) is 0 Å². The molecule has 86 valence electrons. The summed E-state index contributed by atoms with van der Waals surface area (Å²) in [5.41, 5.74) is 2.53. The summed E-state index contributed by atoms with van der Waals surface area (Å²) in [6.45, 7) is 4.50. The molecule has 3 nitrogen and oxygen atoms in total. The lowest BCUT2D eigenvalue weighted by atomic mass is 10.1. The van der Waals surface area contributed by atoms with E-state index in [1.807, 2.05) is 0 Å². The van der Waals surface area contributed by atoms with Crippen molar-refractivity contribution in [2.75, 3.05) is 19.8 Å². The summed E-state index contributed by atoms with van der Waals surface area (Å²) in [5.74, 6) is -0.469. The molecule has 1 aliphatic heterocycles. The maximum atomic E-state index is 5.84. The Kier molecular flexibility index (Phi) is 2.46. The third-order valence-corrected chi connectivity index (χ3v) is 3.42. The average molecular weight is 219 g/mol. The summed E-state index contributed by atoms with van der Waals surface area (Å²) in [6, 6.07) is 8.79. The van der Waals surface area contributed by atoms with Crippen molar-refractivity contribution in [2.45, 2.75) is 25.2 Å². The van der Waals surface area contributed by atoms with Crippen LogP contribution in [0.4, 0.5) is 0 Å². The SMILES string of the molecule is CCNC1CC2(OCCO2)c2ccccc21. The molecular formula is C13H17NO2. The van der Waals surface area contributed by atoms with Crippen molar-refractivity contribution in [2.24, 2.45) is 0 Å². The number of nitrogens with one attached hydrogen (secondary N) is 1. The summed E-state index contributed by atoms with van der Waals surface area (Å²) in [7, 11) is 0. The number of fused-ring (bicyclic) bond motifs is 2. The monoisotopic (exact) mass is 219 g/mol. The van der Waals surface area contributed by atoms with Crippen LogP contribution in [0, 0.1) is 0 Å². The topological polar surface area (TPSA) is 30.5 Å². The molecule has 1 saturated heterocycles. The van der Waals surface area contributed by atoms with E-state index in [2.05, 4.69) is 36.5 Å². The van der Waals surface area contributed by atoms with E-state index in [0.717, 1.165) is 13.0 Å². The van der Waals surface area contributed by atoms with Gasteiger partial charge in [0.05, 0.1) is 13.2 Å². The van der Waals surface area contributed by atoms with Gasteiger partial charge < -0.3 is 14.8 Å². The van der Waals surface area contributed by atoms with Gasteiger partial charge in [-0.1, -0.05) is 31.2 Å². The number of rotatable bonds is 2. The van der Waals surface area contributed by atoms with Gasteiger partial charge in [0, 0.05) is 18.0 Å². The molecule has 16 heavy (non-hydrogen) atoms.